The van der Waals surface area contributed by atoms with Crippen LogP contribution < -0.4 is 10.1 Å². The summed E-state index contributed by atoms with van der Waals surface area (Å²) in [5.74, 6) is 1.51. The number of ether oxygens (including phenoxy) is 1. The minimum atomic E-state index is -0.00338. The van der Waals surface area contributed by atoms with E-state index in [9.17, 15) is 4.79 Å². The number of benzene rings is 2. The topological polar surface area (TPSA) is 57.2 Å². The van der Waals surface area contributed by atoms with Crippen LogP contribution in [0.5, 0.6) is 5.75 Å². The molecular formula is C21H28N4O2. The largest absolute Gasteiger partial charge is 0.492 e. The van der Waals surface area contributed by atoms with Gasteiger partial charge in [0.2, 0.25) is 5.91 Å². The number of amides is 1. The Bertz CT molecular complexity index is 717. The van der Waals surface area contributed by atoms with E-state index in [0.717, 1.165) is 11.3 Å². The molecule has 1 amide bonds. The van der Waals surface area contributed by atoms with Gasteiger partial charge < -0.3 is 19.9 Å². The van der Waals surface area contributed by atoms with Crippen molar-refractivity contribution >= 4 is 11.9 Å². The molecule has 0 aliphatic heterocycles. The Morgan fingerprint density at radius 1 is 1.00 bits per heavy atom. The van der Waals surface area contributed by atoms with Gasteiger partial charge in [0.1, 0.15) is 12.4 Å². The summed E-state index contributed by atoms with van der Waals surface area (Å²) >= 11 is 0. The van der Waals surface area contributed by atoms with Crippen molar-refractivity contribution in [2.24, 2.45) is 4.99 Å². The van der Waals surface area contributed by atoms with Crippen molar-refractivity contribution < 1.29 is 9.53 Å². The number of likely N-dealkylation sites (N-methyl/N-ethyl adjacent to an activating group) is 2. The number of hydrogen-bond acceptors (Lipinski definition) is 3. The number of carbonyl (C=O) groups is 1. The number of nitrogens with zero attached hydrogens (tertiary/aromatic N) is 3. The van der Waals surface area contributed by atoms with Gasteiger partial charge in [-0.2, -0.15) is 0 Å². The maximum atomic E-state index is 11.9. The maximum Gasteiger partial charge on any atom is 0.241 e. The molecular weight excluding hydrogens is 340 g/mol. The van der Waals surface area contributed by atoms with Gasteiger partial charge in [0.25, 0.3) is 0 Å². The molecule has 0 heterocycles. The van der Waals surface area contributed by atoms with E-state index in [2.05, 4.69) is 10.3 Å². The molecule has 6 heteroatoms. The number of hydrogen-bond donors (Lipinski definition) is 1. The lowest BCUT2D eigenvalue weighted by molar-refractivity contribution is -0.127. The lowest BCUT2D eigenvalue weighted by Gasteiger charge is -2.23. The second kappa shape index (κ2) is 10.9. The van der Waals surface area contributed by atoms with Crippen LogP contribution in [0.4, 0.5) is 0 Å². The monoisotopic (exact) mass is 368 g/mol. The smallest absolute Gasteiger partial charge is 0.241 e. The Kier molecular flexibility index (Phi) is 8.16. The summed E-state index contributed by atoms with van der Waals surface area (Å²) in [6.07, 6.45) is 0. The minimum absolute atomic E-state index is 0.00338. The Balaban J connectivity index is 1.95. The molecule has 0 saturated carbocycles. The lowest BCUT2D eigenvalue weighted by Crippen LogP contribution is -2.45. The zero-order valence-electron chi connectivity index (χ0n) is 16.3. The van der Waals surface area contributed by atoms with E-state index >= 15 is 0 Å². The fraction of sp³-hybridized carbons (Fsp3) is 0.333. The summed E-state index contributed by atoms with van der Waals surface area (Å²) in [6, 6.07) is 19.7. The minimum Gasteiger partial charge on any atom is -0.492 e. The predicted molar refractivity (Wildman–Crippen MR) is 109 cm³/mol. The molecule has 0 bridgehead atoms. The quantitative estimate of drug-likeness (QED) is 0.573. The molecule has 2 aromatic carbocycles. The van der Waals surface area contributed by atoms with Gasteiger partial charge >= 0.3 is 0 Å². The molecule has 27 heavy (non-hydrogen) atoms. The summed E-state index contributed by atoms with van der Waals surface area (Å²) in [6.45, 7) is 1.91. The van der Waals surface area contributed by atoms with Crippen LogP contribution in [0.25, 0.3) is 0 Å². The molecule has 0 aliphatic rings. The highest BCUT2D eigenvalue weighted by Gasteiger charge is 2.10. The molecule has 0 unspecified atom stereocenters. The highest BCUT2D eigenvalue weighted by atomic mass is 16.5. The van der Waals surface area contributed by atoms with E-state index in [1.165, 1.54) is 0 Å². The highest BCUT2D eigenvalue weighted by Crippen LogP contribution is 2.08. The first kappa shape index (κ1) is 20.3. The number of rotatable bonds is 8. The molecule has 0 aromatic heterocycles. The van der Waals surface area contributed by atoms with E-state index in [0.29, 0.717) is 25.7 Å². The number of aliphatic imine (C=N–C) groups is 1. The lowest BCUT2D eigenvalue weighted by atomic mass is 10.2. The highest BCUT2D eigenvalue weighted by molar-refractivity contribution is 5.86. The van der Waals surface area contributed by atoms with E-state index in [1.807, 2.05) is 72.6 Å². The Morgan fingerprint density at radius 3 is 2.26 bits per heavy atom. The fourth-order valence-electron chi connectivity index (χ4n) is 2.30. The van der Waals surface area contributed by atoms with E-state index < -0.39 is 0 Å². The molecule has 2 aromatic rings. The number of nitrogens with one attached hydrogen (secondary N) is 1. The summed E-state index contributed by atoms with van der Waals surface area (Å²) < 4.78 is 5.75. The van der Waals surface area contributed by atoms with E-state index in [1.54, 1.807) is 19.0 Å². The van der Waals surface area contributed by atoms with Crippen molar-refractivity contribution in [1.29, 1.82) is 0 Å². The average molecular weight is 368 g/mol. The normalized spacial score (nSPS) is 11.0. The standard InChI is InChI=1S/C21H28N4O2/c1-24(2)20(26)17-23-21(22-16-18-10-6-4-7-11-18)25(3)14-15-27-19-12-8-5-9-13-19/h4-13H,14-17H2,1-3H3,(H,22,23). The summed E-state index contributed by atoms with van der Waals surface area (Å²) in [5, 5.41) is 3.15. The zero-order chi connectivity index (χ0) is 19.5. The second-order valence-corrected chi connectivity index (χ2v) is 6.35. The fourth-order valence-corrected chi connectivity index (χ4v) is 2.30. The third kappa shape index (κ3) is 7.40. The SMILES string of the molecule is CN(C)C(=O)CNC(=NCc1ccccc1)N(C)CCOc1ccccc1. The van der Waals surface area contributed by atoms with Crippen LogP contribution in [0.2, 0.25) is 0 Å². The predicted octanol–water partition coefficient (Wildman–Crippen LogP) is 2.23. The number of guanidine groups is 1. The van der Waals surface area contributed by atoms with Crippen molar-refractivity contribution in [2.75, 3.05) is 40.8 Å². The summed E-state index contributed by atoms with van der Waals surface area (Å²) in [5.41, 5.74) is 1.12. The second-order valence-electron chi connectivity index (χ2n) is 6.35. The van der Waals surface area contributed by atoms with Crippen LogP contribution in [0.1, 0.15) is 5.56 Å². The van der Waals surface area contributed by atoms with Crippen LogP contribution in [-0.4, -0.2) is 62.5 Å². The number of para-hydroxylation sites is 1. The van der Waals surface area contributed by atoms with Crippen molar-refractivity contribution in [1.82, 2.24) is 15.1 Å². The van der Waals surface area contributed by atoms with Crippen LogP contribution in [-0.2, 0) is 11.3 Å². The van der Waals surface area contributed by atoms with Crippen LogP contribution >= 0.6 is 0 Å². The molecule has 1 N–H and O–H groups in total. The molecule has 0 radical (unpaired) electrons. The molecule has 2 rings (SSSR count). The summed E-state index contributed by atoms with van der Waals surface area (Å²) in [7, 11) is 5.41. The Morgan fingerprint density at radius 2 is 1.63 bits per heavy atom. The van der Waals surface area contributed by atoms with Gasteiger partial charge in [-0.15, -0.1) is 0 Å². The first-order valence-electron chi connectivity index (χ1n) is 8.97. The maximum absolute atomic E-state index is 11.9. The molecule has 0 spiro atoms. The van der Waals surface area contributed by atoms with Crippen molar-refractivity contribution in [3.05, 3.63) is 66.2 Å². The first-order chi connectivity index (χ1) is 13.1. The van der Waals surface area contributed by atoms with Crippen molar-refractivity contribution in [3.8, 4) is 5.75 Å². The van der Waals surface area contributed by atoms with Gasteiger partial charge in [-0.25, -0.2) is 4.99 Å². The van der Waals surface area contributed by atoms with E-state index in [-0.39, 0.29) is 12.5 Å². The molecule has 0 saturated heterocycles. The van der Waals surface area contributed by atoms with Crippen molar-refractivity contribution in [2.45, 2.75) is 6.54 Å². The van der Waals surface area contributed by atoms with Crippen LogP contribution in [0, 0.1) is 0 Å². The van der Waals surface area contributed by atoms with E-state index in [4.69, 9.17) is 4.74 Å². The van der Waals surface area contributed by atoms with Gasteiger partial charge in [-0.1, -0.05) is 48.5 Å². The van der Waals surface area contributed by atoms with Gasteiger partial charge in [-0.3, -0.25) is 4.79 Å². The molecule has 0 atom stereocenters. The van der Waals surface area contributed by atoms with Crippen LogP contribution in [0.15, 0.2) is 65.7 Å². The molecule has 144 valence electrons. The Labute approximate surface area is 161 Å². The summed E-state index contributed by atoms with van der Waals surface area (Å²) in [4.78, 5) is 20.1. The third-order valence-corrected chi connectivity index (χ3v) is 3.95. The molecule has 0 fully saturated rings. The van der Waals surface area contributed by atoms with Gasteiger partial charge in [0.05, 0.1) is 19.6 Å². The van der Waals surface area contributed by atoms with Gasteiger partial charge in [0, 0.05) is 21.1 Å². The molecule has 6 nitrogen and oxygen atoms in total. The third-order valence-electron chi connectivity index (χ3n) is 3.95. The average Bonchev–Trinajstić information content (AvgIpc) is 2.69. The van der Waals surface area contributed by atoms with Gasteiger partial charge in [0.15, 0.2) is 5.96 Å². The van der Waals surface area contributed by atoms with Gasteiger partial charge in [-0.05, 0) is 17.7 Å². The Hall–Kier alpha value is -3.02. The van der Waals surface area contributed by atoms with Crippen LogP contribution in [0.3, 0.4) is 0 Å². The zero-order valence-corrected chi connectivity index (χ0v) is 16.3. The number of carbonyl (C=O) groups excluding carboxylic acids is 1. The van der Waals surface area contributed by atoms with Crippen molar-refractivity contribution in [3.63, 3.8) is 0 Å². The first-order valence-corrected chi connectivity index (χ1v) is 8.97. The molecule has 0 aliphatic carbocycles.